The van der Waals surface area contributed by atoms with Crippen molar-refractivity contribution in [3.8, 4) is 0 Å². The van der Waals surface area contributed by atoms with Gasteiger partial charge in [0.2, 0.25) is 0 Å². The van der Waals surface area contributed by atoms with Crippen LogP contribution in [0.4, 0.5) is 0 Å². The number of rotatable bonds is 7. The van der Waals surface area contributed by atoms with Crippen molar-refractivity contribution in [3.63, 3.8) is 0 Å². The highest BCUT2D eigenvalue weighted by Crippen LogP contribution is 2.29. The van der Waals surface area contributed by atoms with Gasteiger partial charge in [0.05, 0.1) is 0 Å². The van der Waals surface area contributed by atoms with Crippen LogP contribution in [0.3, 0.4) is 0 Å². The largest absolute Gasteiger partial charge is 0.312 e. The average Bonchev–Trinajstić information content (AvgIpc) is 2.52. The van der Waals surface area contributed by atoms with Crippen LogP contribution >= 0.6 is 0 Å². The third kappa shape index (κ3) is 5.56. The van der Waals surface area contributed by atoms with Gasteiger partial charge < -0.3 is 10.2 Å². The van der Waals surface area contributed by atoms with E-state index < -0.39 is 0 Å². The zero-order chi connectivity index (χ0) is 15.1. The zero-order valence-corrected chi connectivity index (χ0v) is 14.7. The minimum atomic E-state index is 0.731. The van der Waals surface area contributed by atoms with Gasteiger partial charge in [-0.1, -0.05) is 33.1 Å². The molecule has 2 rings (SSSR count). The first kappa shape index (κ1) is 17.3. The number of likely N-dealkylation sites (N-methyl/N-ethyl adjacent to an activating group) is 1. The maximum absolute atomic E-state index is 3.88. The van der Waals surface area contributed by atoms with E-state index in [1.165, 1.54) is 77.3 Å². The summed E-state index contributed by atoms with van der Waals surface area (Å²) in [5.41, 5.74) is 0. The summed E-state index contributed by atoms with van der Waals surface area (Å²) >= 11 is 0. The Bertz CT molecular complexity index is 265. The first-order valence-corrected chi connectivity index (χ1v) is 9.64. The van der Waals surface area contributed by atoms with Crippen molar-refractivity contribution >= 4 is 0 Å². The van der Waals surface area contributed by atoms with E-state index in [1.807, 2.05) is 0 Å². The van der Waals surface area contributed by atoms with E-state index in [0.29, 0.717) is 0 Å². The fourth-order valence-electron chi connectivity index (χ4n) is 4.39. The Labute approximate surface area is 133 Å². The van der Waals surface area contributed by atoms with E-state index in [2.05, 4.69) is 31.1 Å². The highest BCUT2D eigenvalue weighted by Gasteiger charge is 2.27. The van der Waals surface area contributed by atoms with Crippen LogP contribution in [-0.4, -0.2) is 37.1 Å². The average molecular weight is 295 g/mol. The molecule has 1 N–H and O–H groups in total. The second-order valence-electron chi connectivity index (χ2n) is 7.81. The second-order valence-corrected chi connectivity index (χ2v) is 7.81. The summed E-state index contributed by atoms with van der Waals surface area (Å²) in [4.78, 5) is 2.69. The van der Waals surface area contributed by atoms with Gasteiger partial charge in [0, 0.05) is 18.6 Å². The van der Waals surface area contributed by atoms with E-state index in [-0.39, 0.29) is 0 Å². The molecule has 0 amide bonds. The fourth-order valence-corrected chi connectivity index (χ4v) is 4.39. The SMILES string of the molecule is CCCNC(CN(C)C1CCC(C)CC1)C1CCCCC1. The van der Waals surface area contributed by atoms with Crippen molar-refractivity contribution in [2.45, 2.75) is 90.1 Å². The molecule has 2 nitrogen and oxygen atoms in total. The number of hydrogen-bond donors (Lipinski definition) is 1. The van der Waals surface area contributed by atoms with Gasteiger partial charge in [-0.3, -0.25) is 0 Å². The molecule has 0 spiro atoms. The van der Waals surface area contributed by atoms with Gasteiger partial charge in [-0.25, -0.2) is 0 Å². The van der Waals surface area contributed by atoms with Gasteiger partial charge in [-0.05, 0) is 70.4 Å². The Morgan fingerprint density at radius 1 is 1.00 bits per heavy atom. The van der Waals surface area contributed by atoms with Gasteiger partial charge in [-0.2, -0.15) is 0 Å². The Morgan fingerprint density at radius 2 is 1.67 bits per heavy atom. The second kappa shape index (κ2) is 9.15. The lowest BCUT2D eigenvalue weighted by molar-refractivity contribution is 0.132. The molecule has 2 saturated carbocycles. The van der Waals surface area contributed by atoms with Gasteiger partial charge in [-0.15, -0.1) is 0 Å². The summed E-state index contributed by atoms with van der Waals surface area (Å²) in [7, 11) is 2.38. The standard InChI is InChI=1S/C19H38N2/c1-4-14-20-19(17-8-6-5-7-9-17)15-21(3)18-12-10-16(2)11-13-18/h16-20H,4-15H2,1-3H3. The molecule has 0 bridgehead atoms. The van der Waals surface area contributed by atoms with Gasteiger partial charge in [0.25, 0.3) is 0 Å². The normalized spacial score (nSPS) is 29.7. The van der Waals surface area contributed by atoms with Crippen LogP contribution in [0.15, 0.2) is 0 Å². The third-order valence-electron chi connectivity index (χ3n) is 5.97. The topological polar surface area (TPSA) is 15.3 Å². The van der Waals surface area contributed by atoms with E-state index in [4.69, 9.17) is 0 Å². The zero-order valence-electron chi connectivity index (χ0n) is 14.7. The van der Waals surface area contributed by atoms with Crippen molar-refractivity contribution in [1.82, 2.24) is 10.2 Å². The molecule has 0 heterocycles. The Balaban J connectivity index is 1.84. The van der Waals surface area contributed by atoms with Crippen LogP contribution in [0.25, 0.3) is 0 Å². The van der Waals surface area contributed by atoms with Crippen molar-refractivity contribution in [2.75, 3.05) is 20.1 Å². The molecule has 0 aromatic rings. The minimum Gasteiger partial charge on any atom is -0.312 e. The van der Waals surface area contributed by atoms with E-state index >= 15 is 0 Å². The van der Waals surface area contributed by atoms with E-state index in [1.54, 1.807) is 0 Å². The number of hydrogen-bond acceptors (Lipinski definition) is 2. The molecule has 2 aliphatic rings. The highest BCUT2D eigenvalue weighted by atomic mass is 15.2. The Morgan fingerprint density at radius 3 is 2.29 bits per heavy atom. The van der Waals surface area contributed by atoms with E-state index in [0.717, 1.165) is 23.9 Å². The van der Waals surface area contributed by atoms with Gasteiger partial charge >= 0.3 is 0 Å². The molecule has 1 unspecified atom stereocenters. The van der Waals surface area contributed by atoms with Crippen LogP contribution in [0.2, 0.25) is 0 Å². The summed E-state index contributed by atoms with van der Waals surface area (Å²) in [6, 6.07) is 1.57. The molecule has 0 radical (unpaired) electrons. The Hall–Kier alpha value is -0.0800. The minimum absolute atomic E-state index is 0.731. The van der Waals surface area contributed by atoms with Crippen LogP contribution in [0, 0.1) is 11.8 Å². The molecule has 1 atom stereocenters. The van der Waals surface area contributed by atoms with Crippen LogP contribution in [-0.2, 0) is 0 Å². The predicted molar refractivity (Wildman–Crippen MR) is 92.7 cm³/mol. The molecule has 21 heavy (non-hydrogen) atoms. The number of nitrogens with one attached hydrogen (secondary N) is 1. The summed E-state index contributed by atoms with van der Waals surface area (Å²) in [5.74, 6) is 1.89. The third-order valence-corrected chi connectivity index (χ3v) is 5.97. The first-order valence-electron chi connectivity index (χ1n) is 9.64. The summed E-state index contributed by atoms with van der Waals surface area (Å²) in [5, 5.41) is 3.88. The monoisotopic (exact) mass is 294 g/mol. The molecule has 0 aromatic heterocycles. The van der Waals surface area contributed by atoms with Crippen molar-refractivity contribution in [1.29, 1.82) is 0 Å². The van der Waals surface area contributed by atoms with Crippen LogP contribution in [0.5, 0.6) is 0 Å². The first-order chi connectivity index (χ1) is 10.2. The maximum atomic E-state index is 3.88. The molecular formula is C19H38N2. The van der Waals surface area contributed by atoms with Crippen LogP contribution < -0.4 is 5.32 Å². The molecule has 0 saturated heterocycles. The van der Waals surface area contributed by atoms with Crippen molar-refractivity contribution < 1.29 is 0 Å². The molecule has 0 aliphatic heterocycles. The lowest BCUT2D eigenvalue weighted by Crippen LogP contribution is -2.48. The lowest BCUT2D eigenvalue weighted by atomic mass is 9.82. The van der Waals surface area contributed by atoms with Crippen molar-refractivity contribution in [3.05, 3.63) is 0 Å². The summed E-state index contributed by atoms with van der Waals surface area (Å²) in [6.07, 6.45) is 14.3. The molecular weight excluding hydrogens is 256 g/mol. The lowest BCUT2D eigenvalue weighted by Gasteiger charge is -2.39. The fraction of sp³-hybridized carbons (Fsp3) is 1.00. The van der Waals surface area contributed by atoms with E-state index in [9.17, 15) is 0 Å². The quantitative estimate of drug-likeness (QED) is 0.746. The predicted octanol–water partition coefficient (Wildman–Crippen LogP) is 4.45. The van der Waals surface area contributed by atoms with Gasteiger partial charge in [0.1, 0.15) is 0 Å². The summed E-state index contributed by atoms with van der Waals surface area (Å²) in [6.45, 7) is 7.17. The smallest absolute Gasteiger partial charge is 0.0223 e. The molecule has 2 heteroatoms. The maximum Gasteiger partial charge on any atom is 0.0223 e. The van der Waals surface area contributed by atoms with Crippen molar-refractivity contribution in [2.24, 2.45) is 11.8 Å². The van der Waals surface area contributed by atoms with Gasteiger partial charge in [0.15, 0.2) is 0 Å². The Kier molecular flexibility index (Phi) is 7.53. The molecule has 0 aromatic carbocycles. The summed E-state index contributed by atoms with van der Waals surface area (Å²) < 4.78 is 0. The number of nitrogens with zero attached hydrogens (tertiary/aromatic N) is 1. The molecule has 2 fully saturated rings. The highest BCUT2D eigenvalue weighted by molar-refractivity contribution is 4.85. The molecule has 2 aliphatic carbocycles. The molecule has 124 valence electrons. The van der Waals surface area contributed by atoms with Crippen LogP contribution in [0.1, 0.15) is 78.1 Å².